The van der Waals surface area contributed by atoms with E-state index in [0.717, 1.165) is 38.6 Å². The highest BCUT2D eigenvalue weighted by molar-refractivity contribution is 5.85. The zero-order valence-corrected chi connectivity index (χ0v) is 25.4. The van der Waals surface area contributed by atoms with Gasteiger partial charge in [0.15, 0.2) is 12.7 Å². The van der Waals surface area contributed by atoms with Gasteiger partial charge in [0.25, 0.3) is 0 Å². The molecule has 1 fully saturated rings. The van der Waals surface area contributed by atoms with Crippen LogP contribution < -0.4 is 0 Å². The van der Waals surface area contributed by atoms with Gasteiger partial charge in [-0.05, 0) is 38.6 Å². The number of aliphatic hydroxyl groups is 2. The molecular formula is C32H61NO6. The van der Waals surface area contributed by atoms with Crippen LogP contribution in [0.15, 0.2) is 0 Å². The topological polar surface area (TPSA) is 96.3 Å². The minimum absolute atomic E-state index is 0.295. The van der Waals surface area contributed by atoms with Crippen molar-refractivity contribution in [2.45, 2.75) is 167 Å². The number of ether oxygens (including phenoxy) is 2. The summed E-state index contributed by atoms with van der Waals surface area (Å²) in [4.78, 5) is 25.4. The van der Waals surface area contributed by atoms with E-state index < -0.39 is 30.3 Å². The zero-order valence-electron chi connectivity index (χ0n) is 25.4. The van der Waals surface area contributed by atoms with E-state index in [-0.39, 0.29) is 6.61 Å². The van der Waals surface area contributed by atoms with Crippen molar-refractivity contribution in [1.29, 1.82) is 0 Å². The second-order valence-corrected chi connectivity index (χ2v) is 11.7. The third-order valence-corrected chi connectivity index (χ3v) is 7.78. The Hall–Kier alpha value is -1.18. The largest absolute Gasteiger partial charge is 0.451 e. The molecule has 0 aliphatic carbocycles. The van der Waals surface area contributed by atoms with Crippen LogP contribution >= 0.6 is 0 Å². The number of hydrogen-bond donors (Lipinski definition) is 2. The van der Waals surface area contributed by atoms with Crippen LogP contribution in [0.4, 0.5) is 0 Å². The molecule has 0 saturated carbocycles. The fourth-order valence-electron chi connectivity index (χ4n) is 5.37. The Bertz CT molecular complexity index is 573. The third kappa shape index (κ3) is 20.4. The lowest BCUT2D eigenvalue weighted by molar-refractivity contribution is -0.185. The van der Waals surface area contributed by atoms with Gasteiger partial charge < -0.3 is 19.7 Å². The van der Waals surface area contributed by atoms with Crippen molar-refractivity contribution in [1.82, 2.24) is 4.90 Å². The minimum Gasteiger partial charge on any atom is -0.451 e. The first-order chi connectivity index (χ1) is 19.0. The Kier molecular flexibility index (Phi) is 22.6. The molecule has 1 rings (SSSR count). The van der Waals surface area contributed by atoms with Crippen LogP contribution in [0.2, 0.25) is 0 Å². The monoisotopic (exact) mass is 555 g/mol. The van der Waals surface area contributed by atoms with Gasteiger partial charge in [-0.15, -0.1) is 0 Å². The van der Waals surface area contributed by atoms with E-state index in [1.54, 1.807) is 0 Å². The predicted molar refractivity (Wildman–Crippen MR) is 158 cm³/mol. The average molecular weight is 556 g/mol. The molecule has 230 valence electrons. The molecule has 1 saturated heterocycles. The second kappa shape index (κ2) is 24.6. The van der Waals surface area contributed by atoms with Gasteiger partial charge >= 0.3 is 11.9 Å². The predicted octanol–water partition coefficient (Wildman–Crippen LogP) is 6.71. The van der Waals surface area contributed by atoms with Crippen LogP contribution in [0, 0.1) is 0 Å². The Morgan fingerprint density at radius 2 is 1.15 bits per heavy atom. The van der Waals surface area contributed by atoms with Crippen LogP contribution in [0.3, 0.4) is 0 Å². The molecule has 1 aliphatic rings. The highest BCUT2D eigenvalue weighted by atomic mass is 16.6. The quantitative estimate of drug-likeness (QED) is 0.0859. The standard InChI is InChI=1S/C32H61NO6/c1-3-5-7-9-11-13-15-17-21-28(34)25-33(24-20-19-23-30-32(37)38-27-31(36)39-30)26-29(35)22-18-16-14-12-10-8-6-4-2/h28-30,34-35H,3-27H2,1-2H3. The molecule has 7 nitrogen and oxygen atoms in total. The van der Waals surface area contributed by atoms with Gasteiger partial charge in [0.1, 0.15) is 0 Å². The molecule has 0 spiro atoms. The first-order valence-corrected chi connectivity index (χ1v) is 16.4. The van der Waals surface area contributed by atoms with E-state index in [1.807, 2.05) is 0 Å². The molecule has 0 amide bonds. The summed E-state index contributed by atoms with van der Waals surface area (Å²) in [5.74, 6) is -0.956. The van der Waals surface area contributed by atoms with Gasteiger partial charge in [-0.25, -0.2) is 9.59 Å². The van der Waals surface area contributed by atoms with Crippen LogP contribution in [0.25, 0.3) is 0 Å². The van der Waals surface area contributed by atoms with Crippen molar-refractivity contribution in [2.75, 3.05) is 26.2 Å². The molecule has 0 bridgehead atoms. The first kappa shape index (κ1) is 35.8. The molecule has 0 radical (unpaired) electrons. The summed E-state index contributed by atoms with van der Waals surface area (Å²) in [6.45, 7) is 6.04. The molecule has 7 heteroatoms. The smallest absolute Gasteiger partial charge is 0.348 e. The van der Waals surface area contributed by atoms with Gasteiger partial charge in [-0.3, -0.25) is 4.90 Å². The van der Waals surface area contributed by atoms with Crippen LogP contribution in [0.1, 0.15) is 149 Å². The number of esters is 2. The number of cyclic esters (lactones) is 2. The van der Waals surface area contributed by atoms with Gasteiger partial charge in [-0.1, -0.05) is 117 Å². The molecule has 3 atom stereocenters. The lowest BCUT2D eigenvalue weighted by atomic mass is 10.0. The highest BCUT2D eigenvalue weighted by Gasteiger charge is 2.29. The van der Waals surface area contributed by atoms with Crippen LogP contribution in [-0.4, -0.2) is 71.6 Å². The lowest BCUT2D eigenvalue weighted by Crippen LogP contribution is -2.39. The minimum atomic E-state index is -0.806. The molecule has 39 heavy (non-hydrogen) atoms. The number of carbonyl (C=O) groups is 2. The third-order valence-electron chi connectivity index (χ3n) is 7.78. The Balaban J connectivity index is 2.35. The normalized spacial score (nSPS) is 17.3. The molecule has 1 aliphatic heterocycles. The van der Waals surface area contributed by atoms with Crippen LogP contribution in [0.5, 0.6) is 0 Å². The lowest BCUT2D eigenvalue weighted by Gasteiger charge is -2.28. The van der Waals surface area contributed by atoms with Gasteiger partial charge in [-0.2, -0.15) is 0 Å². The van der Waals surface area contributed by atoms with E-state index in [1.165, 1.54) is 89.9 Å². The van der Waals surface area contributed by atoms with Gasteiger partial charge in [0, 0.05) is 13.1 Å². The maximum Gasteiger partial charge on any atom is 0.348 e. The van der Waals surface area contributed by atoms with Gasteiger partial charge in [0.05, 0.1) is 12.2 Å². The van der Waals surface area contributed by atoms with Crippen molar-refractivity contribution < 1.29 is 29.3 Å². The number of rotatable bonds is 27. The molecule has 1 heterocycles. The Labute approximate surface area is 239 Å². The number of carbonyl (C=O) groups excluding carboxylic acids is 2. The second-order valence-electron chi connectivity index (χ2n) is 11.7. The summed E-state index contributed by atoms with van der Waals surface area (Å²) >= 11 is 0. The average Bonchev–Trinajstić information content (AvgIpc) is 2.91. The summed E-state index contributed by atoms with van der Waals surface area (Å²) in [5.41, 5.74) is 0. The molecule has 0 aromatic rings. The van der Waals surface area contributed by atoms with E-state index in [0.29, 0.717) is 25.9 Å². The van der Waals surface area contributed by atoms with E-state index >= 15 is 0 Å². The number of hydrogen-bond acceptors (Lipinski definition) is 7. The fraction of sp³-hybridized carbons (Fsp3) is 0.938. The molecule has 0 aromatic heterocycles. The molecule has 0 aromatic carbocycles. The van der Waals surface area contributed by atoms with E-state index in [4.69, 9.17) is 9.47 Å². The SMILES string of the molecule is CCCCCCCCCCC(O)CN(CCCCC1OC(=O)COC1=O)CC(O)CCCCCCCCCC. The Morgan fingerprint density at radius 3 is 1.64 bits per heavy atom. The number of aliphatic hydroxyl groups excluding tert-OH is 2. The summed E-state index contributed by atoms with van der Waals surface area (Å²) in [5, 5.41) is 21.4. The number of nitrogens with zero attached hydrogens (tertiary/aromatic N) is 1. The number of unbranched alkanes of at least 4 members (excludes halogenated alkanes) is 15. The molecular weight excluding hydrogens is 494 g/mol. The van der Waals surface area contributed by atoms with E-state index in [9.17, 15) is 19.8 Å². The van der Waals surface area contributed by atoms with Gasteiger partial charge in [0.2, 0.25) is 0 Å². The van der Waals surface area contributed by atoms with Crippen molar-refractivity contribution >= 4 is 11.9 Å². The summed E-state index contributed by atoms with van der Waals surface area (Å²) in [6.07, 6.45) is 21.9. The molecule has 2 N–H and O–H groups in total. The maximum absolute atomic E-state index is 11.8. The summed E-state index contributed by atoms with van der Waals surface area (Å²) < 4.78 is 9.96. The highest BCUT2D eigenvalue weighted by Crippen LogP contribution is 2.16. The zero-order chi connectivity index (χ0) is 28.6. The van der Waals surface area contributed by atoms with Crippen molar-refractivity contribution in [3.8, 4) is 0 Å². The molecule has 3 unspecified atom stereocenters. The van der Waals surface area contributed by atoms with Crippen molar-refractivity contribution in [2.24, 2.45) is 0 Å². The maximum atomic E-state index is 11.8. The van der Waals surface area contributed by atoms with Crippen molar-refractivity contribution in [3.05, 3.63) is 0 Å². The van der Waals surface area contributed by atoms with Crippen molar-refractivity contribution in [3.63, 3.8) is 0 Å². The van der Waals surface area contributed by atoms with Crippen LogP contribution in [-0.2, 0) is 19.1 Å². The van der Waals surface area contributed by atoms with E-state index in [2.05, 4.69) is 18.7 Å². The Morgan fingerprint density at radius 1 is 0.692 bits per heavy atom. The first-order valence-electron chi connectivity index (χ1n) is 16.4. The summed E-state index contributed by atoms with van der Waals surface area (Å²) in [6, 6.07) is 0. The fourth-order valence-corrected chi connectivity index (χ4v) is 5.37. The summed E-state index contributed by atoms with van der Waals surface area (Å²) in [7, 11) is 0.